The molecule has 2 rings (SSSR count). The first-order valence-electron chi connectivity index (χ1n) is 5.15. The van der Waals surface area contributed by atoms with Gasteiger partial charge in [-0.15, -0.1) is 0 Å². The van der Waals surface area contributed by atoms with Crippen LogP contribution in [-0.2, 0) is 14.2 Å². The molecule has 3 heteroatoms. The molecule has 0 spiro atoms. The molecule has 0 aromatic carbocycles. The van der Waals surface area contributed by atoms with Gasteiger partial charge in [0.2, 0.25) is 0 Å². The summed E-state index contributed by atoms with van der Waals surface area (Å²) in [5.41, 5.74) is 0. The van der Waals surface area contributed by atoms with Gasteiger partial charge in [-0.25, -0.2) is 0 Å². The van der Waals surface area contributed by atoms with Gasteiger partial charge in [0.1, 0.15) is 6.10 Å². The molecule has 1 heterocycles. The molecule has 0 N–H and O–H groups in total. The minimum absolute atomic E-state index is 0.236. The van der Waals surface area contributed by atoms with Crippen LogP contribution in [0.25, 0.3) is 0 Å². The van der Waals surface area contributed by atoms with Crippen LogP contribution in [0.15, 0.2) is 0 Å². The van der Waals surface area contributed by atoms with Crippen LogP contribution in [0.5, 0.6) is 0 Å². The summed E-state index contributed by atoms with van der Waals surface area (Å²) < 4.78 is 16.1. The molecule has 3 nitrogen and oxygen atoms in total. The second-order valence-corrected chi connectivity index (χ2v) is 4.08. The number of epoxide rings is 1. The highest BCUT2D eigenvalue weighted by molar-refractivity contribution is 4.72. The highest BCUT2D eigenvalue weighted by Gasteiger charge is 2.24. The second kappa shape index (κ2) is 4.40. The first-order chi connectivity index (χ1) is 6.34. The molecule has 2 unspecified atom stereocenters. The number of rotatable bonds is 7. The summed E-state index contributed by atoms with van der Waals surface area (Å²) in [4.78, 5) is 0. The van der Waals surface area contributed by atoms with Crippen molar-refractivity contribution in [3.05, 3.63) is 0 Å². The summed E-state index contributed by atoms with van der Waals surface area (Å²) >= 11 is 0. The van der Waals surface area contributed by atoms with Gasteiger partial charge in [-0.3, -0.25) is 0 Å². The van der Waals surface area contributed by atoms with Crippen molar-refractivity contribution in [2.45, 2.75) is 32.0 Å². The van der Waals surface area contributed by atoms with E-state index in [-0.39, 0.29) is 6.10 Å². The summed E-state index contributed by atoms with van der Waals surface area (Å²) in [6.07, 6.45) is 3.31. The Kier molecular flexibility index (Phi) is 3.19. The maximum absolute atomic E-state index is 5.60. The van der Waals surface area contributed by atoms with Crippen molar-refractivity contribution < 1.29 is 14.2 Å². The van der Waals surface area contributed by atoms with Gasteiger partial charge in [0.05, 0.1) is 25.9 Å². The van der Waals surface area contributed by atoms with Gasteiger partial charge in [-0.2, -0.15) is 0 Å². The molecule has 0 bridgehead atoms. The maximum atomic E-state index is 5.60. The van der Waals surface area contributed by atoms with Crippen LogP contribution >= 0.6 is 0 Å². The number of hydrogen-bond acceptors (Lipinski definition) is 3. The van der Waals surface area contributed by atoms with Gasteiger partial charge in [0.25, 0.3) is 0 Å². The molecular formula is C10H18O3. The second-order valence-electron chi connectivity index (χ2n) is 4.08. The van der Waals surface area contributed by atoms with E-state index in [2.05, 4.69) is 6.92 Å². The van der Waals surface area contributed by atoms with Crippen molar-refractivity contribution >= 4 is 0 Å². The van der Waals surface area contributed by atoms with E-state index in [1.807, 2.05) is 0 Å². The van der Waals surface area contributed by atoms with Crippen LogP contribution in [0.3, 0.4) is 0 Å². The Bertz CT molecular complexity index is 152. The van der Waals surface area contributed by atoms with Crippen molar-refractivity contribution in [1.29, 1.82) is 0 Å². The lowest BCUT2D eigenvalue weighted by Gasteiger charge is -2.12. The van der Waals surface area contributed by atoms with Crippen LogP contribution in [0.4, 0.5) is 0 Å². The van der Waals surface area contributed by atoms with Crippen molar-refractivity contribution in [2.75, 3.05) is 26.4 Å². The van der Waals surface area contributed by atoms with Gasteiger partial charge in [0.15, 0.2) is 0 Å². The molecule has 76 valence electrons. The topological polar surface area (TPSA) is 31.0 Å². The molecule has 1 saturated heterocycles. The Labute approximate surface area is 79.4 Å². The van der Waals surface area contributed by atoms with Gasteiger partial charge in [-0.05, 0) is 25.7 Å². The molecule has 2 aliphatic rings. The van der Waals surface area contributed by atoms with Crippen molar-refractivity contribution in [3.63, 3.8) is 0 Å². The van der Waals surface area contributed by atoms with Gasteiger partial charge in [-0.1, -0.05) is 0 Å². The zero-order valence-corrected chi connectivity index (χ0v) is 8.20. The Balaban J connectivity index is 1.42. The minimum atomic E-state index is 0.236. The van der Waals surface area contributed by atoms with Crippen molar-refractivity contribution in [3.8, 4) is 0 Å². The highest BCUT2D eigenvalue weighted by Crippen LogP contribution is 2.29. The standard InChI is InChI=1S/C10H18O3/c1-8(12-5-9-2-3-9)4-11-6-10-7-13-10/h8-10H,2-7H2,1H3. The summed E-state index contributed by atoms with van der Waals surface area (Å²) in [6.45, 7) is 5.29. The van der Waals surface area contributed by atoms with Crippen LogP contribution in [0.1, 0.15) is 19.8 Å². The van der Waals surface area contributed by atoms with Crippen LogP contribution in [-0.4, -0.2) is 38.6 Å². The van der Waals surface area contributed by atoms with Crippen LogP contribution in [0.2, 0.25) is 0 Å². The van der Waals surface area contributed by atoms with E-state index >= 15 is 0 Å². The largest absolute Gasteiger partial charge is 0.376 e. The fraction of sp³-hybridized carbons (Fsp3) is 1.00. The van der Waals surface area contributed by atoms with E-state index < -0.39 is 0 Å². The summed E-state index contributed by atoms with van der Waals surface area (Å²) in [5.74, 6) is 0.842. The zero-order valence-electron chi connectivity index (χ0n) is 8.20. The SMILES string of the molecule is CC(COCC1CO1)OCC1CC1. The Hall–Kier alpha value is -0.120. The molecule has 0 amide bonds. The average Bonchev–Trinajstić information content (AvgIpc) is 2.97. The molecule has 0 radical (unpaired) electrons. The fourth-order valence-corrected chi connectivity index (χ4v) is 1.16. The first-order valence-corrected chi connectivity index (χ1v) is 5.15. The van der Waals surface area contributed by atoms with Crippen LogP contribution < -0.4 is 0 Å². The summed E-state index contributed by atoms with van der Waals surface area (Å²) in [7, 11) is 0. The zero-order chi connectivity index (χ0) is 9.10. The van der Waals surface area contributed by atoms with E-state index in [9.17, 15) is 0 Å². The number of hydrogen-bond donors (Lipinski definition) is 0. The summed E-state index contributed by atoms with van der Waals surface area (Å²) in [5, 5.41) is 0. The van der Waals surface area contributed by atoms with Gasteiger partial charge < -0.3 is 14.2 Å². The minimum Gasteiger partial charge on any atom is -0.376 e. The Morgan fingerprint density at radius 1 is 1.38 bits per heavy atom. The Morgan fingerprint density at radius 3 is 2.77 bits per heavy atom. The van der Waals surface area contributed by atoms with Crippen molar-refractivity contribution in [1.82, 2.24) is 0 Å². The summed E-state index contributed by atoms with van der Waals surface area (Å²) in [6, 6.07) is 0. The molecule has 1 aliphatic carbocycles. The third kappa shape index (κ3) is 4.07. The molecule has 13 heavy (non-hydrogen) atoms. The molecule has 2 fully saturated rings. The Morgan fingerprint density at radius 2 is 2.15 bits per heavy atom. The molecule has 0 aromatic rings. The predicted molar refractivity (Wildman–Crippen MR) is 48.7 cm³/mol. The lowest BCUT2D eigenvalue weighted by Crippen LogP contribution is -2.18. The molecular weight excluding hydrogens is 168 g/mol. The smallest absolute Gasteiger partial charge is 0.104 e. The molecule has 1 aliphatic heterocycles. The van der Waals surface area contributed by atoms with E-state index in [4.69, 9.17) is 14.2 Å². The third-order valence-electron chi connectivity index (χ3n) is 2.37. The van der Waals surface area contributed by atoms with Crippen molar-refractivity contribution in [2.24, 2.45) is 5.92 Å². The maximum Gasteiger partial charge on any atom is 0.104 e. The normalized spacial score (nSPS) is 28.8. The number of ether oxygens (including phenoxy) is 3. The van der Waals surface area contributed by atoms with E-state index in [0.29, 0.717) is 12.7 Å². The molecule has 2 atom stereocenters. The van der Waals surface area contributed by atoms with E-state index in [0.717, 1.165) is 25.7 Å². The average molecular weight is 186 g/mol. The quantitative estimate of drug-likeness (QED) is 0.560. The van der Waals surface area contributed by atoms with E-state index in [1.165, 1.54) is 12.8 Å². The monoisotopic (exact) mass is 186 g/mol. The van der Waals surface area contributed by atoms with Crippen LogP contribution in [0, 0.1) is 5.92 Å². The highest BCUT2D eigenvalue weighted by atomic mass is 16.6. The van der Waals surface area contributed by atoms with Gasteiger partial charge in [0, 0.05) is 6.61 Å². The molecule has 1 saturated carbocycles. The lowest BCUT2D eigenvalue weighted by atomic mass is 10.4. The lowest BCUT2D eigenvalue weighted by molar-refractivity contribution is -0.0137. The van der Waals surface area contributed by atoms with Gasteiger partial charge >= 0.3 is 0 Å². The third-order valence-corrected chi connectivity index (χ3v) is 2.37. The first kappa shape index (κ1) is 9.44. The molecule has 0 aromatic heterocycles. The predicted octanol–water partition coefficient (Wildman–Crippen LogP) is 1.22. The van der Waals surface area contributed by atoms with E-state index in [1.54, 1.807) is 0 Å². The fourth-order valence-electron chi connectivity index (χ4n) is 1.16.